The standard InChI is InChI=1S/C20H18FN3O4S/c1-28-18(26)9-10-24-19(27)15-7-2-3-8-16(15)23-20(24)29-12-17(25)22-14-6-4-5-13(21)11-14/h2-8,11H,9-10,12H2,1H3,(H,22,25). The maximum absolute atomic E-state index is 13.3. The summed E-state index contributed by atoms with van der Waals surface area (Å²) >= 11 is 1.06. The second-order valence-corrected chi connectivity index (χ2v) is 6.98. The van der Waals surface area contributed by atoms with E-state index in [0.717, 1.165) is 11.8 Å². The van der Waals surface area contributed by atoms with Crippen LogP contribution in [0, 0.1) is 5.82 Å². The van der Waals surface area contributed by atoms with E-state index in [9.17, 15) is 18.8 Å². The number of hydrogen-bond acceptors (Lipinski definition) is 6. The molecular weight excluding hydrogens is 397 g/mol. The van der Waals surface area contributed by atoms with Crippen molar-refractivity contribution in [3.05, 3.63) is 64.7 Å². The Labute approximate surface area is 169 Å². The molecule has 0 aliphatic rings. The molecule has 29 heavy (non-hydrogen) atoms. The lowest BCUT2D eigenvalue weighted by atomic mass is 10.2. The summed E-state index contributed by atoms with van der Waals surface area (Å²) in [7, 11) is 1.27. The normalized spacial score (nSPS) is 10.7. The lowest BCUT2D eigenvalue weighted by Gasteiger charge is -2.12. The summed E-state index contributed by atoms with van der Waals surface area (Å²) in [4.78, 5) is 41.0. The van der Waals surface area contributed by atoms with Gasteiger partial charge < -0.3 is 10.1 Å². The molecule has 0 bridgehead atoms. The Morgan fingerprint density at radius 2 is 2.00 bits per heavy atom. The van der Waals surface area contributed by atoms with Gasteiger partial charge in [0.05, 0.1) is 30.2 Å². The SMILES string of the molecule is COC(=O)CCn1c(SCC(=O)Nc2cccc(F)c2)nc2ccccc2c1=O. The van der Waals surface area contributed by atoms with Crippen molar-refractivity contribution >= 4 is 40.2 Å². The molecule has 3 aromatic rings. The lowest BCUT2D eigenvalue weighted by Crippen LogP contribution is -2.25. The van der Waals surface area contributed by atoms with E-state index < -0.39 is 11.8 Å². The van der Waals surface area contributed by atoms with Crippen LogP contribution in [0.1, 0.15) is 6.42 Å². The molecule has 0 atom stereocenters. The fourth-order valence-electron chi connectivity index (χ4n) is 2.65. The number of rotatable bonds is 7. The Kier molecular flexibility index (Phi) is 6.61. The van der Waals surface area contributed by atoms with E-state index in [4.69, 9.17) is 0 Å². The first-order valence-electron chi connectivity index (χ1n) is 8.72. The minimum absolute atomic E-state index is 0.000520. The average Bonchev–Trinajstić information content (AvgIpc) is 2.71. The number of nitrogens with one attached hydrogen (secondary N) is 1. The largest absolute Gasteiger partial charge is 0.469 e. The van der Waals surface area contributed by atoms with Crippen molar-refractivity contribution in [3.63, 3.8) is 0 Å². The van der Waals surface area contributed by atoms with Gasteiger partial charge in [0.25, 0.3) is 5.56 Å². The molecule has 150 valence electrons. The number of carbonyl (C=O) groups is 2. The Hall–Kier alpha value is -3.20. The maximum Gasteiger partial charge on any atom is 0.307 e. The topological polar surface area (TPSA) is 90.3 Å². The summed E-state index contributed by atoms with van der Waals surface area (Å²) in [6.45, 7) is 0.0805. The highest BCUT2D eigenvalue weighted by Gasteiger charge is 2.14. The molecular formula is C20H18FN3O4S. The lowest BCUT2D eigenvalue weighted by molar-refractivity contribution is -0.140. The number of halogens is 1. The molecule has 1 amide bonds. The van der Waals surface area contributed by atoms with Gasteiger partial charge in [0.1, 0.15) is 5.82 Å². The first-order chi connectivity index (χ1) is 14.0. The quantitative estimate of drug-likeness (QED) is 0.363. The number of amides is 1. The number of ether oxygens (including phenoxy) is 1. The highest BCUT2D eigenvalue weighted by molar-refractivity contribution is 7.99. The summed E-state index contributed by atoms with van der Waals surface area (Å²) in [6.07, 6.45) is -0.000520. The molecule has 0 unspecified atom stereocenters. The van der Waals surface area contributed by atoms with Crippen LogP contribution in [0.4, 0.5) is 10.1 Å². The van der Waals surface area contributed by atoms with Crippen molar-refractivity contribution in [2.45, 2.75) is 18.1 Å². The Bertz CT molecular complexity index is 1120. The van der Waals surface area contributed by atoms with Gasteiger partial charge >= 0.3 is 5.97 Å². The van der Waals surface area contributed by atoms with Crippen LogP contribution in [0.3, 0.4) is 0 Å². The third-order valence-corrected chi connectivity index (χ3v) is 5.01. The molecule has 0 fully saturated rings. The highest BCUT2D eigenvalue weighted by Crippen LogP contribution is 2.19. The van der Waals surface area contributed by atoms with Gasteiger partial charge in [0.15, 0.2) is 5.16 Å². The smallest absolute Gasteiger partial charge is 0.307 e. The van der Waals surface area contributed by atoms with Crippen LogP contribution in [-0.2, 0) is 20.9 Å². The van der Waals surface area contributed by atoms with Crippen molar-refractivity contribution in [3.8, 4) is 0 Å². The van der Waals surface area contributed by atoms with E-state index >= 15 is 0 Å². The predicted molar refractivity (Wildman–Crippen MR) is 108 cm³/mol. The van der Waals surface area contributed by atoms with E-state index in [2.05, 4.69) is 15.0 Å². The number of aromatic nitrogens is 2. The number of para-hydroxylation sites is 1. The fourth-order valence-corrected chi connectivity index (χ4v) is 3.48. The number of benzene rings is 2. The van der Waals surface area contributed by atoms with Crippen LogP contribution in [0.5, 0.6) is 0 Å². The zero-order valence-electron chi connectivity index (χ0n) is 15.6. The van der Waals surface area contributed by atoms with Crippen molar-refractivity contribution in [2.24, 2.45) is 0 Å². The number of fused-ring (bicyclic) bond motifs is 1. The van der Waals surface area contributed by atoms with Gasteiger partial charge in [-0.2, -0.15) is 0 Å². The molecule has 9 heteroatoms. The van der Waals surface area contributed by atoms with Crippen LogP contribution in [0.25, 0.3) is 10.9 Å². The summed E-state index contributed by atoms with van der Waals surface area (Å²) in [5, 5.41) is 3.33. The van der Waals surface area contributed by atoms with Crippen molar-refractivity contribution in [1.29, 1.82) is 0 Å². The van der Waals surface area contributed by atoms with E-state index in [0.29, 0.717) is 21.7 Å². The van der Waals surface area contributed by atoms with Gasteiger partial charge in [0, 0.05) is 12.2 Å². The summed E-state index contributed by atoms with van der Waals surface area (Å²) in [6, 6.07) is 12.4. The number of hydrogen-bond donors (Lipinski definition) is 1. The maximum atomic E-state index is 13.3. The molecule has 0 saturated carbocycles. The molecule has 0 radical (unpaired) electrons. The minimum atomic E-state index is -0.455. The molecule has 1 aromatic heterocycles. The van der Waals surface area contributed by atoms with Crippen molar-refractivity contribution < 1.29 is 18.7 Å². The first kappa shape index (κ1) is 20.5. The summed E-state index contributed by atoms with van der Waals surface area (Å²) < 4.78 is 19.2. The first-order valence-corrected chi connectivity index (χ1v) is 9.71. The molecule has 1 heterocycles. The van der Waals surface area contributed by atoms with E-state index in [1.165, 1.54) is 29.9 Å². The van der Waals surface area contributed by atoms with Gasteiger partial charge in [-0.15, -0.1) is 0 Å². The molecule has 0 spiro atoms. The van der Waals surface area contributed by atoms with E-state index in [1.54, 1.807) is 30.3 Å². The molecule has 0 saturated heterocycles. The van der Waals surface area contributed by atoms with Crippen molar-refractivity contribution in [2.75, 3.05) is 18.2 Å². The Balaban J connectivity index is 1.81. The van der Waals surface area contributed by atoms with Crippen LogP contribution >= 0.6 is 11.8 Å². The number of carbonyl (C=O) groups excluding carboxylic acids is 2. The second kappa shape index (κ2) is 9.33. The van der Waals surface area contributed by atoms with Gasteiger partial charge in [-0.05, 0) is 30.3 Å². The fraction of sp³-hybridized carbons (Fsp3) is 0.200. The number of thioether (sulfide) groups is 1. The Morgan fingerprint density at radius 1 is 1.21 bits per heavy atom. The molecule has 3 rings (SSSR count). The molecule has 2 aromatic carbocycles. The monoisotopic (exact) mass is 415 g/mol. The van der Waals surface area contributed by atoms with Gasteiger partial charge in [-0.25, -0.2) is 9.37 Å². The van der Waals surface area contributed by atoms with Crippen LogP contribution < -0.4 is 10.9 Å². The van der Waals surface area contributed by atoms with Gasteiger partial charge in [0.2, 0.25) is 5.91 Å². The average molecular weight is 415 g/mol. The van der Waals surface area contributed by atoms with E-state index in [-0.39, 0.29) is 30.2 Å². The minimum Gasteiger partial charge on any atom is -0.469 e. The second-order valence-electron chi connectivity index (χ2n) is 6.04. The van der Waals surface area contributed by atoms with Crippen LogP contribution in [-0.4, -0.2) is 34.3 Å². The van der Waals surface area contributed by atoms with E-state index in [1.807, 2.05) is 0 Å². The zero-order valence-corrected chi connectivity index (χ0v) is 16.4. The van der Waals surface area contributed by atoms with Crippen LogP contribution in [0.15, 0.2) is 58.5 Å². The number of nitrogens with zero attached hydrogens (tertiary/aromatic N) is 2. The molecule has 7 nitrogen and oxygen atoms in total. The Morgan fingerprint density at radius 3 is 2.76 bits per heavy atom. The molecule has 0 aliphatic heterocycles. The van der Waals surface area contributed by atoms with Gasteiger partial charge in [-0.3, -0.25) is 19.0 Å². The summed E-state index contributed by atoms with van der Waals surface area (Å²) in [5.41, 5.74) is 0.539. The van der Waals surface area contributed by atoms with Crippen molar-refractivity contribution in [1.82, 2.24) is 9.55 Å². The third-order valence-electron chi connectivity index (χ3n) is 4.03. The predicted octanol–water partition coefficient (Wildman–Crippen LogP) is 2.83. The van der Waals surface area contributed by atoms with Crippen LogP contribution in [0.2, 0.25) is 0 Å². The highest BCUT2D eigenvalue weighted by atomic mass is 32.2. The molecule has 0 aliphatic carbocycles. The molecule has 1 N–H and O–H groups in total. The number of anilines is 1. The van der Waals surface area contributed by atoms with Gasteiger partial charge in [-0.1, -0.05) is 30.0 Å². The number of methoxy groups -OCH3 is 1. The third kappa shape index (κ3) is 5.20. The number of esters is 1. The zero-order chi connectivity index (χ0) is 20.8. The summed E-state index contributed by atoms with van der Waals surface area (Å²) in [5.74, 6) is -1.32.